The third-order valence-corrected chi connectivity index (χ3v) is 3.51. The highest BCUT2D eigenvalue weighted by atomic mass is 79.9. The van der Waals surface area contributed by atoms with Gasteiger partial charge in [0.1, 0.15) is 11.4 Å². The van der Waals surface area contributed by atoms with E-state index in [0.29, 0.717) is 15.2 Å². The molecule has 7 heteroatoms. The number of aromatic amines is 1. The first-order chi connectivity index (χ1) is 8.09. The quantitative estimate of drug-likeness (QED) is 0.796. The molecular weight excluding hydrogens is 307 g/mol. The fourth-order valence-corrected chi connectivity index (χ4v) is 1.81. The largest absolute Gasteiger partial charge is 0.383 e. The summed E-state index contributed by atoms with van der Waals surface area (Å²) in [6.45, 7) is 0. The second-order valence-corrected chi connectivity index (χ2v) is 4.45. The smallest absolute Gasteiger partial charge is 0.261 e. The van der Waals surface area contributed by atoms with E-state index in [1.165, 1.54) is 6.20 Å². The molecule has 88 valence electrons. The van der Waals surface area contributed by atoms with Gasteiger partial charge < -0.3 is 11.1 Å². The fraction of sp³-hybridized carbons (Fsp3) is 0. The average molecular weight is 316 g/mol. The molecule has 0 atom stereocenters. The molecule has 0 aliphatic rings. The minimum absolute atomic E-state index is 0.223. The highest BCUT2D eigenvalue weighted by Crippen LogP contribution is 2.30. The van der Waals surface area contributed by atoms with E-state index < -0.39 is 0 Å². The van der Waals surface area contributed by atoms with Crippen LogP contribution in [-0.2, 0) is 0 Å². The van der Waals surface area contributed by atoms with Crippen molar-refractivity contribution in [2.45, 2.75) is 0 Å². The lowest BCUT2D eigenvalue weighted by molar-refractivity contribution is 0.102. The van der Waals surface area contributed by atoms with Crippen LogP contribution >= 0.6 is 27.5 Å². The molecule has 1 aromatic heterocycles. The summed E-state index contributed by atoms with van der Waals surface area (Å²) in [4.78, 5) is 11.8. The lowest BCUT2D eigenvalue weighted by Gasteiger charge is -2.07. The Morgan fingerprint density at radius 2 is 2.29 bits per heavy atom. The molecule has 17 heavy (non-hydrogen) atoms. The van der Waals surface area contributed by atoms with Crippen LogP contribution in [0.3, 0.4) is 0 Å². The summed E-state index contributed by atoms with van der Waals surface area (Å²) in [7, 11) is 0. The monoisotopic (exact) mass is 314 g/mol. The number of nitrogens with one attached hydrogen (secondary N) is 2. The number of halogens is 2. The molecule has 1 amide bonds. The molecule has 0 fully saturated rings. The molecule has 2 aromatic rings. The zero-order chi connectivity index (χ0) is 12.4. The Morgan fingerprint density at radius 3 is 2.94 bits per heavy atom. The van der Waals surface area contributed by atoms with E-state index in [2.05, 4.69) is 31.4 Å². The predicted molar refractivity (Wildman–Crippen MR) is 70.1 cm³/mol. The molecule has 0 aliphatic carbocycles. The van der Waals surface area contributed by atoms with Crippen molar-refractivity contribution in [2.24, 2.45) is 0 Å². The van der Waals surface area contributed by atoms with Gasteiger partial charge >= 0.3 is 0 Å². The number of hydrogen-bond acceptors (Lipinski definition) is 3. The Labute approximate surface area is 110 Å². The average Bonchev–Trinajstić information content (AvgIpc) is 2.71. The van der Waals surface area contributed by atoms with Gasteiger partial charge in [-0.3, -0.25) is 9.89 Å². The molecule has 1 heterocycles. The first-order valence-corrected chi connectivity index (χ1v) is 5.81. The number of hydrogen-bond donors (Lipinski definition) is 3. The molecule has 0 bridgehead atoms. The Hall–Kier alpha value is -1.53. The molecule has 0 saturated heterocycles. The number of nitrogens with two attached hydrogens (primary N) is 1. The van der Waals surface area contributed by atoms with Gasteiger partial charge in [0.05, 0.1) is 21.4 Å². The summed E-state index contributed by atoms with van der Waals surface area (Å²) < 4.78 is 0.622. The van der Waals surface area contributed by atoms with E-state index in [9.17, 15) is 4.79 Å². The standard InChI is InChI=1S/C10H8BrClN4O/c11-8-6(12)2-1-3-7(8)15-10(17)5-4-14-16-9(5)13/h1-4H,(H,15,17)(H3,13,14,16). The number of carbonyl (C=O) groups is 1. The van der Waals surface area contributed by atoms with Crippen LogP contribution in [0.4, 0.5) is 11.5 Å². The van der Waals surface area contributed by atoms with E-state index in [4.69, 9.17) is 17.3 Å². The molecular formula is C10H8BrClN4O. The number of carbonyl (C=O) groups excluding carboxylic acids is 1. The zero-order valence-electron chi connectivity index (χ0n) is 8.50. The van der Waals surface area contributed by atoms with E-state index in [1.807, 2.05) is 0 Å². The van der Waals surface area contributed by atoms with Crippen molar-refractivity contribution < 1.29 is 4.79 Å². The van der Waals surface area contributed by atoms with Gasteiger partial charge in [0.2, 0.25) is 0 Å². The molecule has 2 rings (SSSR count). The number of rotatable bonds is 2. The van der Waals surface area contributed by atoms with Crippen LogP contribution in [0, 0.1) is 0 Å². The first kappa shape index (κ1) is 11.9. The van der Waals surface area contributed by atoms with Crippen molar-refractivity contribution in [2.75, 3.05) is 11.1 Å². The highest BCUT2D eigenvalue weighted by Gasteiger charge is 2.13. The predicted octanol–water partition coefficient (Wildman–Crippen LogP) is 2.66. The summed E-state index contributed by atoms with van der Waals surface area (Å²) >= 11 is 9.20. The van der Waals surface area contributed by atoms with Crippen molar-refractivity contribution in [3.05, 3.63) is 39.5 Å². The Balaban J connectivity index is 2.25. The maximum Gasteiger partial charge on any atom is 0.261 e. The summed E-state index contributed by atoms with van der Waals surface area (Å²) in [6, 6.07) is 5.18. The number of amides is 1. The molecule has 0 saturated carbocycles. The SMILES string of the molecule is Nc1[nH]ncc1C(=O)Nc1cccc(Cl)c1Br. The van der Waals surface area contributed by atoms with Gasteiger partial charge in [0.25, 0.3) is 5.91 Å². The zero-order valence-corrected chi connectivity index (χ0v) is 10.8. The van der Waals surface area contributed by atoms with Crippen LogP contribution in [0.15, 0.2) is 28.9 Å². The summed E-state index contributed by atoms with van der Waals surface area (Å²) in [5, 5.41) is 9.37. The topological polar surface area (TPSA) is 83.8 Å². The minimum Gasteiger partial charge on any atom is -0.383 e. The van der Waals surface area contributed by atoms with Gasteiger partial charge in [-0.05, 0) is 28.1 Å². The first-order valence-electron chi connectivity index (χ1n) is 4.64. The minimum atomic E-state index is -0.348. The third kappa shape index (κ3) is 2.42. The maximum atomic E-state index is 11.8. The normalized spacial score (nSPS) is 10.2. The molecule has 0 radical (unpaired) electrons. The summed E-state index contributed by atoms with van der Waals surface area (Å²) in [5.74, 6) is -0.125. The lowest BCUT2D eigenvalue weighted by Crippen LogP contribution is -2.13. The van der Waals surface area contributed by atoms with E-state index >= 15 is 0 Å². The van der Waals surface area contributed by atoms with Gasteiger partial charge in [-0.1, -0.05) is 17.7 Å². The molecule has 0 unspecified atom stereocenters. The van der Waals surface area contributed by atoms with Gasteiger partial charge in [0, 0.05) is 0 Å². The van der Waals surface area contributed by atoms with Gasteiger partial charge in [0.15, 0.2) is 0 Å². The van der Waals surface area contributed by atoms with E-state index in [-0.39, 0.29) is 17.3 Å². The van der Waals surface area contributed by atoms with E-state index in [1.54, 1.807) is 18.2 Å². The molecule has 0 aliphatic heterocycles. The van der Waals surface area contributed by atoms with E-state index in [0.717, 1.165) is 0 Å². The Bertz CT molecular complexity index is 569. The van der Waals surface area contributed by atoms with Gasteiger partial charge in [-0.25, -0.2) is 0 Å². The molecule has 4 N–H and O–H groups in total. The van der Waals surface area contributed by atoms with Crippen LogP contribution in [0.1, 0.15) is 10.4 Å². The number of nitrogen functional groups attached to an aromatic ring is 1. The number of aromatic nitrogens is 2. The summed E-state index contributed by atoms with van der Waals surface area (Å²) in [5.41, 5.74) is 6.41. The van der Waals surface area contributed by atoms with Crippen molar-refractivity contribution in [3.63, 3.8) is 0 Å². The number of anilines is 2. The Morgan fingerprint density at radius 1 is 1.53 bits per heavy atom. The van der Waals surface area contributed by atoms with Crippen LogP contribution in [0.5, 0.6) is 0 Å². The van der Waals surface area contributed by atoms with Crippen molar-refractivity contribution >= 4 is 44.9 Å². The van der Waals surface area contributed by atoms with Gasteiger partial charge in [-0.15, -0.1) is 0 Å². The molecule has 5 nitrogen and oxygen atoms in total. The number of nitrogens with zero attached hydrogens (tertiary/aromatic N) is 1. The Kier molecular flexibility index (Phi) is 3.35. The number of H-pyrrole nitrogens is 1. The highest BCUT2D eigenvalue weighted by molar-refractivity contribution is 9.10. The summed E-state index contributed by atoms with van der Waals surface area (Å²) in [6.07, 6.45) is 1.36. The number of benzene rings is 1. The van der Waals surface area contributed by atoms with Crippen LogP contribution < -0.4 is 11.1 Å². The molecule has 0 spiro atoms. The molecule has 1 aromatic carbocycles. The van der Waals surface area contributed by atoms with Crippen molar-refractivity contribution in [1.82, 2.24) is 10.2 Å². The maximum absolute atomic E-state index is 11.8. The van der Waals surface area contributed by atoms with Gasteiger partial charge in [-0.2, -0.15) is 5.10 Å². The van der Waals surface area contributed by atoms with Crippen LogP contribution in [0.25, 0.3) is 0 Å². The van der Waals surface area contributed by atoms with Crippen molar-refractivity contribution in [3.8, 4) is 0 Å². The third-order valence-electron chi connectivity index (χ3n) is 2.11. The van der Waals surface area contributed by atoms with Crippen LogP contribution in [-0.4, -0.2) is 16.1 Å². The second kappa shape index (κ2) is 4.77. The van der Waals surface area contributed by atoms with Crippen LogP contribution in [0.2, 0.25) is 5.02 Å². The fourth-order valence-electron chi connectivity index (χ4n) is 1.27. The van der Waals surface area contributed by atoms with Crippen molar-refractivity contribution in [1.29, 1.82) is 0 Å². The lowest BCUT2D eigenvalue weighted by atomic mass is 10.2. The second-order valence-electron chi connectivity index (χ2n) is 3.25.